The smallest absolute Gasteiger partial charge is 0.409 e. The number of ether oxygens (including phenoxy) is 1. The molecule has 2 atom stereocenters. The summed E-state index contributed by atoms with van der Waals surface area (Å²) in [6.45, 7) is 1.36. The zero-order chi connectivity index (χ0) is 10.8. The summed E-state index contributed by atoms with van der Waals surface area (Å²) in [6, 6.07) is 0. The van der Waals surface area contributed by atoms with Gasteiger partial charge in [0.15, 0.2) is 0 Å². The van der Waals surface area contributed by atoms with E-state index in [2.05, 4.69) is 0 Å². The third-order valence-corrected chi connectivity index (χ3v) is 3.58. The number of amides is 1. The molecule has 2 fully saturated rings. The van der Waals surface area contributed by atoms with Crippen molar-refractivity contribution in [3.8, 4) is 0 Å². The lowest BCUT2D eigenvalue weighted by atomic mass is 9.74. The Balaban J connectivity index is 1.99. The van der Waals surface area contributed by atoms with Gasteiger partial charge in [-0.15, -0.1) is 0 Å². The Hall–Kier alpha value is -1.06. The first-order valence-corrected chi connectivity index (χ1v) is 5.58. The Morgan fingerprint density at radius 2 is 2.27 bits per heavy atom. The molecule has 0 aromatic carbocycles. The SMILES string of the molecule is COC(=O)N1CCC2C(=O)CCCC2C1. The second-order valence-corrected chi connectivity index (χ2v) is 4.43. The van der Waals surface area contributed by atoms with E-state index in [1.165, 1.54) is 7.11 Å². The fourth-order valence-electron chi connectivity index (χ4n) is 2.77. The summed E-state index contributed by atoms with van der Waals surface area (Å²) < 4.78 is 4.70. The van der Waals surface area contributed by atoms with E-state index < -0.39 is 0 Å². The maximum absolute atomic E-state index is 11.6. The van der Waals surface area contributed by atoms with Crippen LogP contribution in [0.15, 0.2) is 0 Å². The van der Waals surface area contributed by atoms with Crippen molar-refractivity contribution in [2.75, 3.05) is 20.2 Å². The first kappa shape index (κ1) is 10.5. The lowest BCUT2D eigenvalue weighted by molar-refractivity contribution is -0.128. The molecule has 0 N–H and O–H groups in total. The maximum Gasteiger partial charge on any atom is 0.409 e. The molecule has 4 nitrogen and oxygen atoms in total. The molecule has 2 unspecified atom stereocenters. The first-order valence-electron chi connectivity index (χ1n) is 5.58. The number of methoxy groups -OCH3 is 1. The molecule has 1 amide bonds. The molecule has 2 aliphatic rings. The highest BCUT2D eigenvalue weighted by Crippen LogP contribution is 2.33. The van der Waals surface area contributed by atoms with E-state index >= 15 is 0 Å². The number of nitrogens with zero attached hydrogens (tertiary/aromatic N) is 1. The lowest BCUT2D eigenvalue weighted by Gasteiger charge is -2.39. The van der Waals surface area contributed by atoms with Gasteiger partial charge in [-0.25, -0.2) is 4.79 Å². The number of ketones is 1. The summed E-state index contributed by atoms with van der Waals surface area (Å²) in [5.74, 6) is 0.981. The first-order chi connectivity index (χ1) is 7.22. The largest absolute Gasteiger partial charge is 0.453 e. The van der Waals surface area contributed by atoms with Gasteiger partial charge in [0.2, 0.25) is 0 Å². The molecule has 0 bridgehead atoms. The van der Waals surface area contributed by atoms with Gasteiger partial charge < -0.3 is 9.64 Å². The molecule has 15 heavy (non-hydrogen) atoms. The van der Waals surface area contributed by atoms with E-state index in [1.54, 1.807) is 4.90 Å². The molecule has 1 saturated carbocycles. The van der Waals surface area contributed by atoms with Crippen molar-refractivity contribution in [2.45, 2.75) is 25.7 Å². The highest BCUT2D eigenvalue weighted by atomic mass is 16.5. The van der Waals surface area contributed by atoms with E-state index in [0.717, 1.165) is 25.7 Å². The summed E-state index contributed by atoms with van der Waals surface area (Å²) in [5.41, 5.74) is 0. The number of piperidine rings is 1. The van der Waals surface area contributed by atoms with Gasteiger partial charge in [0.25, 0.3) is 0 Å². The molecule has 84 valence electrons. The van der Waals surface area contributed by atoms with Crippen LogP contribution in [0.1, 0.15) is 25.7 Å². The van der Waals surface area contributed by atoms with Crippen LogP contribution in [0.4, 0.5) is 4.79 Å². The minimum Gasteiger partial charge on any atom is -0.453 e. The van der Waals surface area contributed by atoms with Crippen LogP contribution in [0.3, 0.4) is 0 Å². The molecule has 0 aromatic rings. The van der Waals surface area contributed by atoms with Crippen LogP contribution in [0.2, 0.25) is 0 Å². The normalized spacial score (nSPS) is 31.0. The second-order valence-electron chi connectivity index (χ2n) is 4.43. The number of rotatable bonds is 0. The van der Waals surface area contributed by atoms with Gasteiger partial charge in [-0.05, 0) is 25.2 Å². The van der Waals surface area contributed by atoms with Crippen LogP contribution in [-0.2, 0) is 9.53 Å². The Bertz CT molecular complexity index is 277. The van der Waals surface area contributed by atoms with Crippen molar-refractivity contribution in [1.82, 2.24) is 4.90 Å². The third kappa shape index (κ3) is 1.98. The fraction of sp³-hybridized carbons (Fsp3) is 0.818. The molecule has 1 aliphatic carbocycles. The van der Waals surface area contributed by atoms with Crippen LogP contribution in [0.25, 0.3) is 0 Å². The van der Waals surface area contributed by atoms with E-state index in [1.807, 2.05) is 0 Å². The monoisotopic (exact) mass is 211 g/mol. The summed E-state index contributed by atoms with van der Waals surface area (Å²) in [6.07, 6.45) is 3.35. The Labute approximate surface area is 89.6 Å². The zero-order valence-electron chi connectivity index (χ0n) is 9.07. The summed E-state index contributed by atoms with van der Waals surface area (Å²) in [5, 5.41) is 0. The Morgan fingerprint density at radius 1 is 1.47 bits per heavy atom. The topological polar surface area (TPSA) is 46.6 Å². The van der Waals surface area contributed by atoms with Crippen molar-refractivity contribution in [3.05, 3.63) is 0 Å². The van der Waals surface area contributed by atoms with Crippen molar-refractivity contribution in [3.63, 3.8) is 0 Å². The minimum absolute atomic E-state index is 0.208. The lowest BCUT2D eigenvalue weighted by Crippen LogP contribution is -2.47. The van der Waals surface area contributed by atoms with Gasteiger partial charge in [0, 0.05) is 25.4 Å². The molecular formula is C11H17NO3. The quantitative estimate of drug-likeness (QED) is 0.609. The van der Waals surface area contributed by atoms with Crippen molar-refractivity contribution in [2.24, 2.45) is 11.8 Å². The molecule has 4 heteroatoms. The highest BCUT2D eigenvalue weighted by molar-refractivity contribution is 5.82. The van der Waals surface area contributed by atoms with E-state index in [-0.39, 0.29) is 12.0 Å². The molecule has 0 radical (unpaired) electrons. The van der Waals surface area contributed by atoms with Crippen LogP contribution in [0.5, 0.6) is 0 Å². The molecule has 1 aliphatic heterocycles. The number of likely N-dealkylation sites (tertiary alicyclic amines) is 1. The molecule has 0 spiro atoms. The minimum atomic E-state index is -0.258. The van der Waals surface area contributed by atoms with E-state index in [4.69, 9.17) is 4.74 Å². The fourth-order valence-corrected chi connectivity index (χ4v) is 2.77. The number of fused-ring (bicyclic) bond motifs is 1. The van der Waals surface area contributed by atoms with Crippen LogP contribution in [0, 0.1) is 11.8 Å². The third-order valence-electron chi connectivity index (χ3n) is 3.58. The predicted molar refractivity (Wildman–Crippen MR) is 54.4 cm³/mol. The van der Waals surface area contributed by atoms with E-state index in [9.17, 15) is 9.59 Å². The van der Waals surface area contributed by atoms with Gasteiger partial charge in [0.05, 0.1) is 7.11 Å². The van der Waals surface area contributed by atoms with Gasteiger partial charge in [-0.2, -0.15) is 0 Å². The molecule has 1 saturated heterocycles. The molecule has 0 aromatic heterocycles. The Kier molecular flexibility index (Phi) is 2.93. The number of carbonyl (C=O) groups is 2. The zero-order valence-corrected chi connectivity index (χ0v) is 9.07. The number of Topliss-reactive ketones (excluding diaryl/α,β-unsaturated/α-hetero) is 1. The molecule has 1 heterocycles. The standard InChI is InChI=1S/C11H17NO3/c1-15-11(14)12-6-5-9-8(7-12)3-2-4-10(9)13/h8-9H,2-7H2,1H3. The van der Waals surface area contributed by atoms with Crippen LogP contribution < -0.4 is 0 Å². The van der Waals surface area contributed by atoms with Crippen molar-refractivity contribution in [1.29, 1.82) is 0 Å². The van der Waals surface area contributed by atoms with E-state index in [0.29, 0.717) is 24.8 Å². The summed E-state index contributed by atoms with van der Waals surface area (Å²) >= 11 is 0. The average Bonchev–Trinajstić information content (AvgIpc) is 2.28. The second kappa shape index (κ2) is 4.21. The molecular weight excluding hydrogens is 194 g/mol. The van der Waals surface area contributed by atoms with Gasteiger partial charge in [0.1, 0.15) is 5.78 Å². The van der Waals surface area contributed by atoms with Crippen LogP contribution >= 0.6 is 0 Å². The van der Waals surface area contributed by atoms with Crippen molar-refractivity contribution < 1.29 is 14.3 Å². The van der Waals surface area contributed by atoms with Gasteiger partial charge >= 0.3 is 6.09 Å². The number of carbonyl (C=O) groups excluding carboxylic acids is 2. The highest BCUT2D eigenvalue weighted by Gasteiger charge is 2.37. The summed E-state index contributed by atoms with van der Waals surface area (Å²) in [4.78, 5) is 24.7. The van der Waals surface area contributed by atoms with Crippen LogP contribution in [-0.4, -0.2) is 37.0 Å². The van der Waals surface area contributed by atoms with Gasteiger partial charge in [-0.3, -0.25) is 4.79 Å². The maximum atomic E-state index is 11.6. The Morgan fingerprint density at radius 3 is 3.00 bits per heavy atom. The predicted octanol–water partition coefficient (Wildman–Crippen LogP) is 1.44. The molecule has 2 rings (SSSR count). The number of hydrogen-bond acceptors (Lipinski definition) is 3. The number of hydrogen-bond donors (Lipinski definition) is 0. The van der Waals surface area contributed by atoms with Gasteiger partial charge in [-0.1, -0.05) is 0 Å². The van der Waals surface area contributed by atoms with Crippen molar-refractivity contribution >= 4 is 11.9 Å². The average molecular weight is 211 g/mol. The summed E-state index contributed by atoms with van der Waals surface area (Å²) in [7, 11) is 1.40.